The zero-order valence-electron chi connectivity index (χ0n) is 14.2. The summed E-state index contributed by atoms with van der Waals surface area (Å²) in [5, 5.41) is 4.08. The smallest absolute Gasteiger partial charge is 0.250 e. The van der Waals surface area contributed by atoms with Gasteiger partial charge in [-0.25, -0.2) is 9.82 Å². The van der Waals surface area contributed by atoms with Crippen molar-refractivity contribution in [3.8, 4) is 11.5 Å². The maximum absolute atomic E-state index is 13.5. The first-order chi connectivity index (χ1) is 12.0. The van der Waals surface area contributed by atoms with Crippen LogP contribution >= 0.6 is 11.8 Å². The summed E-state index contributed by atoms with van der Waals surface area (Å²) in [6.45, 7) is 1.76. The van der Waals surface area contributed by atoms with Gasteiger partial charge in [-0.3, -0.25) is 4.79 Å². The number of amides is 1. The predicted octanol–water partition coefficient (Wildman–Crippen LogP) is 3.48. The molecule has 5 nitrogen and oxygen atoms in total. The zero-order chi connectivity index (χ0) is 18.2. The van der Waals surface area contributed by atoms with Gasteiger partial charge in [-0.05, 0) is 31.2 Å². The van der Waals surface area contributed by atoms with Crippen molar-refractivity contribution in [1.82, 2.24) is 5.43 Å². The quantitative estimate of drug-likeness (QED) is 0.465. The minimum Gasteiger partial charge on any atom is -0.497 e. The summed E-state index contributed by atoms with van der Waals surface area (Å²) in [5.41, 5.74) is 3.80. The van der Waals surface area contributed by atoms with Gasteiger partial charge in [0.15, 0.2) is 0 Å². The van der Waals surface area contributed by atoms with Crippen molar-refractivity contribution in [3.63, 3.8) is 0 Å². The van der Waals surface area contributed by atoms with Gasteiger partial charge in [0, 0.05) is 16.5 Å². The Kier molecular flexibility index (Phi) is 6.82. The number of methoxy groups -OCH3 is 2. The van der Waals surface area contributed by atoms with Crippen LogP contribution in [0.15, 0.2) is 52.5 Å². The molecule has 0 aliphatic rings. The summed E-state index contributed by atoms with van der Waals surface area (Å²) in [6, 6.07) is 11.6. The zero-order valence-corrected chi connectivity index (χ0v) is 15.0. The maximum atomic E-state index is 13.5. The first-order valence-corrected chi connectivity index (χ1v) is 8.46. The summed E-state index contributed by atoms with van der Waals surface area (Å²) >= 11 is 1.12. The molecule has 0 spiro atoms. The van der Waals surface area contributed by atoms with E-state index in [-0.39, 0.29) is 17.5 Å². The van der Waals surface area contributed by atoms with Gasteiger partial charge < -0.3 is 9.47 Å². The van der Waals surface area contributed by atoms with Crippen LogP contribution in [0.2, 0.25) is 0 Å². The highest BCUT2D eigenvalue weighted by atomic mass is 32.2. The maximum Gasteiger partial charge on any atom is 0.250 e. The Labute approximate surface area is 150 Å². The van der Waals surface area contributed by atoms with Crippen LogP contribution in [-0.2, 0) is 4.79 Å². The fraction of sp³-hybridized carbons (Fsp3) is 0.222. The van der Waals surface area contributed by atoms with E-state index in [1.54, 1.807) is 57.5 Å². The minimum absolute atomic E-state index is 0.0669. The standard InChI is InChI=1S/C18H19FN2O3S/c1-12(14-9-8-13(23-2)10-16(14)24-3)20-21-18(22)11-25-17-7-5-4-6-15(17)19/h4-10H,11H2,1-3H3,(H,21,22)/b20-12-. The number of benzene rings is 2. The lowest BCUT2D eigenvalue weighted by atomic mass is 10.1. The summed E-state index contributed by atoms with van der Waals surface area (Å²) in [4.78, 5) is 12.3. The molecule has 2 aromatic rings. The Bertz CT molecular complexity index is 781. The van der Waals surface area contributed by atoms with Gasteiger partial charge in [0.05, 0.1) is 25.7 Å². The number of hydrogen-bond donors (Lipinski definition) is 1. The molecule has 0 saturated heterocycles. The number of thioether (sulfide) groups is 1. The minimum atomic E-state index is -0.344. The number of nitrogens with zero attached hydrogens (tertiary/aromatic N) is 1. The first-order valence-electron chi connectivity index (χ1n) is 7.48. The molecule has 0 aromatic heterocycles. The topological polar surface area (TPSA) is 59.9 Å². The Hall–Kier alpha value is -2.54. The molecule has 2 rings (SSSR count). The Morgan fingerprint density at radius 3 is 2.64 bits per heavy atom. The van der Waals surface area contributed by atoms with Gasteiger partial charge in [0.25, 0.3) is 0 Å². The van der Waals surface area contributed by atoms with Gasteiger partial charge in [0.2, 0.25) is 5.91 Å². The lowest BCUT2D eigenvalue weighted by molar-refractivity contribution is -0.118. The monoisotopic (exact) mass is 362 g/mol. The molecule has 0 unspecified atom stereocenters. The van der Waals surface area contributed by atoms with Crippen LogP contribution in [0.4, 0.5) is 4.39 Å². The summed E-state index contributed by atoms with van der Waals surface area (Å²) in [5.74, 6) is 0.662. The molecule has 2 aromatic carbocycles. The Morgan fingerprint density at radius 2 is 1.96 bits per heavy atom. The highest BCUT2D eigenvalue weighted by molar-refractivity contribution is 8.00. The molecule has 0 bridgehead atoms. The molecule has 1 N–H and O–H groups in total. The van der Waals surface area contributed by atoms with Crippen molar-refractivity contribution in [3.05, 3.63) is 53.8 Å². The average molecular weight is 362 g/mol. The van der Waals surface area contributed by atoms with Crippen molar-refractivity contribution >= 4 is 23.4 Å². The van der Waals surface area contributed by atoms with Crippen molar-refractivity contribution in [2.75, 3.05) is 20.0 Å². The number of carbonyl (C=O) groups excluding carboxylic acids is 1. The SMILES string of the molecule is COc1ccc(/C(C)=N\NC(=O)CSc2ccccc2F)c(OC)c1. The summed E-state index contributed by atoms with van der Waals surface area (Å²) < 4.78 is 24.0. The van der Waals surface area contributed by atoms with E-state index in [0.717, 1.165) is 17.3 Å². The van der Waals surface area contributed by atoms with Gasteiger partial charge in [-0.1, -0.05) is 12.1 Å². The fourth-order valence-electron chi connectivity index (χ4n) is 2.04. The molecule has 0 fully saturated rings. The normalized spacial score (nSPS) is 11.1. The number of ether oxygens (including phenoxy) is 2. The largest absolute Gasteiger partial charge is 0.497 e. The molecule has 25 heavy (non-hydrogen) atoms. The second-order valence-electron chi connectivity index (χ2n) is 5.02. The van der Waals surface area contributed by atoms with Crippen LogP contribution < -0.4 is 14.9 Å². The number of rotatable bonds is 7. The molecule has 0 atom stereocenters. The summed E-state index contributed by atoms with van der Waals surface area (Å²) in [7, 11) is 3.12. The number of carbonyl (C=O) groups is 1. The van der Waals surface area contributed by atoms with Crippen molar-refractivity contribution in [2.24, 2.45) is 5.10 Å². The molecular formula is C18H19FN2O3S. The molecular weight excluding hydrogens is 343 g/mol. The molecule has 7 heteroatoms. The van der Waals surface area contributed by atoms with Crippen LogP contribution in [-0.4, -0.2) is 31.6 Å². The van der Waals surface area contributed by atoms with Crippen LogP contribution in [0.25, 0.3) is 0 Å². The molecule has 0 heterocycles. The van der Waals surface area contributed by atoms with E-state index in [9.17, 15) is 9.18 Å². The van der Waals surface area contributed by atoms with E-state index in [4.69, 9.17) is 9.47 Å². The number of hydrazone groups is 1. The van der Waals surface area contributed by atoms with Gasteiger partial charge in [-0.2, -0.15) is 5.10 Å². The van der Waals surface area contributed by atoms with Crippen LogP contribution in [0.1, 0.15) is 12.5 Å². The molecule has 0 aliphatic carbocycles. The number of nitrogens with one attached hydrogen (secondary N) is 1. The second kappa shape index (κ2) is 9.08. The van der Waals surface area contributed by atoms with E-state index in [0.29, 0.717) is 22.1 Å². The first kappa shape index (κ1) is 18.8. The highest BCUT2D eigenvalue weighted by Gasteiger charge is 2.09. The second-order valence-corrected chi connectivity index (χ2v) is 6.03. The van der Waals surface area contributed by atoms with E-state index in [1.807, 2.05) is 0 Å². The van der Waals surface area contributed by atoms with Crippen molar-refractivity contribution in [1.29, 1.82) is 0 Å². The third-order valence-corrected chi connectivity index (χ3v) is 4.39. The molecule has 0 saturated carbocycles. The van der Waals surface area contributed by atoms with E-state index >= 15 is 0 Å². The predicted molar refractivity (Wildman–Crippen MR) is 97.0 cm³/mol. The van der Waals surface area contributed by atoms with Crippen LogP contribution in [0.3, 0.4) is 0 Å². The van der Waals surface area contributed by atoms with Crippen LogP contribution in [0, 0.1) is 5.82 Å². The lowest BCUT2D eigenvalue weighted by Crippen LogP contribution is -2.21. The van der Waals surface area contributed by atoms with E-state index in [1.165, 1.54) is 6.07 Å². The number of hydrogen-bond acceptors (Lipinski definition) is 5. The van der Waals surface area contributed by atoms with Crippen LogP contribution in [0.5, 0.6) is 11.5 Å². The van der Waals surface area contributed by atoms with Crippen molar-refractivity contribution in [2.45, 2.75) is 11.8 Å². The Morgan fingerprint density at radius 1 is 1.20 bits per heavy atom. The van der Waals surface area contributed by atoms with E-state index < -0.39 is 0 Å². The molecule has 0 aliphatic heterocycles. The third-order valence-electron chi connectivity index (χ3n) is 3.34. The average Bonchev–Trinajstić information content (AvgIpc) is 2.64. The molecule has 0 radical (unpaired) electrons. The van der Waals surface area contributed by atoms with Gasteiger partial charge in [0.1, 0.15) is 17.3 Å². The van der Waals surface area contributed by atoms with Crippen molar-refractivity contribution < 1.29 is 18.7 Å². The molecule has 132 valence electrons. The summed E-state index contributed by atoms with van der Waals surface area (Å²) in [6.07, 6.45) is 0. The number of halogens is 1. The van der Waals surface area contributed by atoms with E-state index in [2.05, 4.69) is 10.5 Å². The highest BCUT2D eigenvalue weighted by Crippen LogP contribution is 2.25. The lowest BCUT2D eigenvalue weighted by Gasteiger charge is -2.10. The fourth-order valence-corrected chi connectivity index (χ4v) is 2.77. The van der Waals surface area contributed by atoms with Gasteiger partial charge >= 0.3 is 0 Å². The van der Waals surface area contributed by atoms with Gasteiger partial charge in [-0.15, -0.1) is 11.8 Å². The molecule has 1 amide bonds. The third kappa shape index (κ3) is 5.22. The Balaban J connectivity index is 1.98.